The molecule has 5 rings (SSSR count). The van der Waals surface area contributed by atoms with Gasteiger partial charge in [-0.25, -0.2) is 18.4 Å². The Kier molecular flexibility index (Phi) is 5.50. The van der Waals surface area contributed by atoms with Crippen LogP contribution in [0.5, 0.6) is 0 Å². The number of hydrogen-bond acceptors (Lipinski definition) is 9. The third-order valence-corrected chi connectivity index (χ3v) is 7.10. The van der Waals surface area contributed by atoms with Crippen LogP contribution in [0.25, 0.3) is 22.3 Å². The van der Waals surface area contributed by atoms with Crippen molar-refractivity contribution in [1.29, 1.82) is 0 Å². The quantitative estimate of drug-likeness (QED) is 0.253. The third-order valence-electron chi connectivity index (χ3n) is 4.56. The molecule has 0 amide bonds. The number of aromatic amines is 1. The number of thiazole rings is 1. The molecule has 33 heavy (non-hydrogen) atoms. The van der Waals surface area contributed by atoms with Crippen LogP contribution in [0, 0.1) is 4.64 Å². The number of sulfonamides is 1. The fourth-order valence-electron chi connectivity index (χ4n) is 3.01. The highest BCUT2D eigenvalue weighted by Crippen LogP contribution is 2.24. The summed E-state index contributed by atoms with van der Waals surface area (Å²) in [5, 5.41) is 17.3. The molecule has 0 bridgehead atoms. The summed E-state index contributed by atoms with van der Waals surface area (Å²) in [6.45, 7) is 0. The van der Waals surface area contributed by atoms with Crippen LogP contribution in [0.2, 0.25) is 0 Å². The summed E-state index contributed by atoms with van der Waals surface area (Å²) < 4.78 is 29.3. The lowest BCUT2D eigenvalue weighted by Crippen LogP contribution is -2.12. The van der Waals surface area contributed by atoms with Crippen molar-refractivity contribution < 1.29 is 8.42 Å². The number of H-pyrrole nitrogens is 1. The highest BCUT2D eigenvalue weighted by Gasteiger charge is 2.15. The number of rotatable bonds is 6. The van der Waals surface area contributed by atoms with Gasteiger partial charge in [-0.2, -0.15) is 9.77 Å². The summed E-state index contributed by atoms with van der Waals surface area (Å²) in [7, 11) is -3.75. The van der Waals surface area contributed by atoms with Crippen LogP contribution in [-0.2, 0) is 10.0 Å². The molecule has 0 radical (unpaired) electrons. The van der Waals surface area contributed by atoms with E-state index in [1.165, 1.54) is 34.3 Å². The predicted octanol–water partition coefficient (Wildman–Crippen LogP) is 4.96. The standard InChI is InChI=1S/C20H14N8O2S3/c29-33(30,26-20-21-9-10-32-20)15-7-5-14(6-8-15)25-27-28-17-4-2-1-3-16(17)24-18(19(28)31)13-11-22-23-12-13/h1-12H,(H,21,26)(H,22,23). The maximum absolute atomic E-state index is 12.5. The molecular formula is C20H14N8O2S3. The monoisotopic (exact) mass is 494 g/mol. The van der Waals surface area contributed by atoms with E-state index in [-0.39, 0.29) is 4.90 Å². The highest BCUT2D eigenvalue weighted by molar-refractivity contribution is 7.93. The zero-order valence-corrected chi connectivity index (χ0v) is 19.1. The van der Waals surface area contributed by atoms with Crippen LogP contribution in [0.3, 0.4) is 0 Å². The second kappa shape index (κ2) is 8.61. The number of para-hydroxylation sites is 2. The largest absolute Gasteiger partial charge is 0.285 e. The lowest BCUT2D eigenvalue weighted by molar-refractivity contribution is 0.601. The van der Waals surface area contributed by atoms with E-state index in [1.54, 1.807) is 29.9 Å². The van der Waals surface area contributed by atoms with E-state index >= 15 is 0 Å². The van der Waals surface area contributed by atoms with Gasteiger partial charge in [0.2, 0.25) is 0 Å². The number of fused-ring (bicyclic) bond motifs is 1. The normalized spacial score (nSPS) is 11.9. The Morgan fingerprint density at radius 3 is 2.67 bits per heavy atom. The molecule has 0 aliphatic rings. The first kappa shape index (κ1) is 21.1. The molecule has 2 aromatic carbocycles. The SMILES string of the molecule is O=S(=O)(Nc1nccs1)c1ccc(N=Nn2c(=S)c(-c3cn[nH]c3)nc3ccccc32)cc1. The van der Waals surface area contributed by atoms with Crippen LogP contribution < -0.4 is 4.72 Å². The molecule has 0 saturated heterocycles. The van der Waals surface area contributed by atoms with Crippen molar-refractivity contribution >= 4 is 55.4 Å². The van der Waals surface area contributed by atoms with Gasteiger partial charge in [-0.3, -0.25) is 9.82 Å². The topological polar surface area (TPSA) is 130 Å². The number of benzene rings is 2. The number of aromatic nitrogens is 5. The van der Waals surface area contributed by atoms with Crippen LogP contribution in [0.4, 0.5) is 10.8 Å². The van der Waals surface area contributed by atoms with Crippen molar-refractivity contribution in [2.24, 2.45) is 10.3 Å². The minimum absolute atomic E-state index is 0.0878. The Hall–Kier alpha value is -3.81. The second-order valence-electron chi connectivity index (χ2n) is 6.68. The number of nitrogens with one attached hydrogen (secondary N) is 2. The molecule has 13 heteroatoms. The zero-order valence-electron chi connectivity index (χ0n) is 16.7. The number of nitrogens with zero attached hydrogens (tertiary/aromatic N) is 6. The molecule has 0 saturated carbocycles. The average Bonchev–Trinajstić information content (AvgIpc) is 3.53. The van der Waals surface area contributed by atoms with Crippen molar-refractivity contribution in [2.75, 3.05) is 4.72 Å². The van der Waals surface area contributed by atoms with E-state index in [9.17, 15) is 8.42 Å². The van der Waals surface area contributed by atoms with Gasteiger partial charge in [0, 0.05) is 23.3 Å². The molecule has 10 nitrogen and oxygen atoms in total. The van der Waals surface area contributed by atoms with Gasteiger partial charge in [0.1, 0.15) is 5.69 Å². The fourth-order valence-corrected chi connectivity index (χ4v) is 5.10. The zero-order chi connectivity index (χ0) is 22.8. The van der Waals surface area contributed by atoms with E-state index in [2.05, 4.69) is 35.2 Å². The first-order chi connectivity index (χ1) is 16.0. The third kappa shape index (κ3) is 4.28. The Bertz CT molecular complexity index is 1610. The highest BCUT2D eigenvalue weighted by atomic mass is 32.2. The second-order valence-corrected chi connectivity index (χ2v) is 9.64. The van der Waals surface area contributed by atoms with Gasteiger partial charge < -0.3 is 0 Å². The molecule has 0 aliphatic heterocycles. The van der Waals surface area contributed by atoms with E-state index in [1.807, 2.05) is 24.3 Å². The van der Waals surface area contributed by atoms with Gasteiger partial charge in [0.05, 0.1) is 27.8 Å². The Balaban J connectivity index is 1.49. The molecule has 0 unspecified atom stereocenters. The molecular weight excluding hydrogens is 480 g/mol. The van der Waals surface area contributed by atoms with Crippen molar-refractivity contribution in [2.45, 2.75) is 4.90 Å². The summed E-state index contributed by atoms with van der Waals surface area (Å²) in [6, 6.07) is 13.4. The maximum atomic E-state index is 12.5. The minimum atomic E-state index is -3.75. The van der Waals surface area contributed by atoms with Gasteiger partial charge in [-0.1, -0.05) is 29.6 Å². The number of hydrogen-bond donors (Lipinski definition) is 2. The van der Waals surface area contributed by atoms with Gasteiger partial charge in [-0.05, 0) is 36.4 Å². The molecule has 0 aliphatic carbocycles. The van der Waals surface area contributed by atoms with Crippen molar-refractivity contribution in [1.82, 2.24) is 24.8 Å². The first-order valence-electron chi connectivity index (χ1n) is 9.47. The van der Waals surface area contributed by atoms with Gasteiger partial charge in [0.15, 0.2) is 9.77 Å². The molecule has 3 aromatic heterocycles. The van der Waals surface area contributed by atoms with Crippen molar-refractivity contribution in [3.63, 3.8) is 0 Å². The summed E-state index contributed by atoms with van der Waals surface area (Å²) in [6.07, 6.45) is 4.86. The van der Waals surface area contributed by atoms with Gasteiger partial charge in [0.25, 0.3) is 10.0 Å². The summed E-state index contributed by atoms with van der Waals surface area (Å²) >= 11 is 6.82. The van der Waals surface area contributed by atoms with E-state index < -0.39 is 10.0 Å². The summed E-state index contributed by atoms with van der Waals surface area (Å²) in [5.74, 6) is 0. The van der Waals surface area contributed by atoms with E-state index in [0.29, 0.717) is 32.2 Å². The molecule has 164 valence electrons. The predicted molar refractivity (Wildman–Crippen MR) is 127 cm³/mol. The Morgan fingerprint density at radius 2 is 1.94 bits per heavy atom. The molecule has 0 spiro atoms. The average molecular weight is 495 g/mol. The smallest absolute Gasteiger partial charge is 0.263 e. The summed E-state index contributed by atoms with van der Waals surface area (Å²) in [5.41, 5.74) is 3.11. The van der Waals surface area contributed by atoms with Crippen LogP contribution >= 0.6 is 23.6 Å². The number of anilines is 1. The maximum Gasteiger partial charge on any atom is 0.263 e. The van der Waals surface area contributed by atoms with Gasteiger partial charge in [-0.15, -0.1) is 16.5 Å². The lowest BCUT2D eigenvalue weighted by atomic mass is 10.2. The Morgan fingerprint density at radius 1 is 1.12 bits per heavy atom. The molecule has 2 N–H and O–H groups in total. The first-order valence-corrected chi connectivity index (χ1v) is 12.2. The van der Waals surface area contributed by atoms with Crippen LogP contribution in [-0.4, -0.2) is 33.3 Å². The summed E-state index contributed by atoms with van der Waals surface area (Å²) in [4.78, 5) is 8.66. The minimum Gasteiger partial charge on any atom is -0.285 e. The molecule has 0 fully saturated rings. The van der Waals surface area contributed by atoms with E-state index in [4.69, 9.17) is 12.2 Å². The molecule has 0 atom stereocenters. The van der Waals surface area contributed by atoms with Gasteiger partial charge >= 0.3 is 0 Å². The fraction of sp³-hybridized carbons (Fsp3) is 0. The Labute approximate surface area is 196 Å². The molecule has 3 heterocycles. The molecule has 5 aromatic rings. The lowest BCUT2D eigenvalue weighted by Gasteiger charge is -2.08. The van der Waals surface area contributed by atoms with Crippen molar-refractivity contribution in [3.05, 3.63) is 77.1 Å². The van der Waals surface area contributed by atoms with Crippen LogP contribution in [0.1, 0.15) is 0 Å². The van der Waals surface area contributed by atoms with Crippen molar-refractivity contribution in [3.8, 4) is 11.3 Å². The van der Waals surface area contributed by atoms with Crippen LogP contribution in [0.15, 0.2) is 87.7 Å². The van der Waals surface area contributed by atoms with E-state index in [0.717, 1.165) is 5.56 Å².